The molecule has 0 spiro atoms. The van der Waals surface area contributed by atoms with Gasteiger partial charge in [-0.05, 0) is 56.2 Å². The fourth-order valence-electron chi connectivity index (χ4n) is 3.19. The third kappa shape index (κ3) is 5.33. The Kier molecular flexibility index (Phi) is 6.68. The molecule has 2 aromatic rings. The van der Waals surface area contributed by atoms with Crippen LogP contribution in [0.15, 0.2) is 47.5 Å². The summed E-state index contributed by atoms with van der Waals surface area (Å²) >= 11 is 0. The Labute approximate surface area is 175 Å². The van der Waals surface area contributed by atoms with E-state index in [1.165, 1.54) is 38.1 Å². The number of nitrogens with one attached hydrogen (secondary N) is 3. The molecule has 2 heterocycles. The molecular weight excluding hydrogens is 406 g/mol. The molecule has 0 radical (unpaired) electrons. The topological polar surface area (TPSA) is 120 Å². The number of carbonyl (C=O) groups excluding carboxylic acids is 2. The maximum absolute atomic E-state index is 12.6. The van der Waals surface area contributed by atoms with E-state index >= 15 is 0 Å². The van der Waals surface area contributed by atoms with Crippen molar-refractivity contribution in [3.8, 4) is 0 Å². The molecule has 3 rings (SSSR count). The average Bonchev–Trinajstić information content (AvgIpc) is 3.22. The van der Waals surface area contributed by atoms with Crippen molar-refractivity contribution in [2.75, 3.05) is 28.6 Å². The average molecular weight is 432 g/mol. The van der Waals surface area contributed by atoms with Crippen LogP contribution in [0.25, 0.3) is 0 Å². The predicted octanol–water partition coefficient (Wildman–Crippen LogP) is 1.95. The van der Waals surface area contributed by atoms with Crippen LogP contribution in [-0.4, -0.2) is 44.3 Å². The van der Waals surface area contributed by atoms with Gasteiger partial charge in [0.1, 0.15) is 0 Å². The first kappa shape index (κ1) is 21.7. The minimum absolute atomic E-state index is 0.00427. The Morgan fingerprint density at radius 2 is 1.73 bits per heavy atom. The van der Waals surface area contributed by atoms with Crippen molar-refractivity contribution in [1.29, 1.82) is 0 Å². The number of sulfonamides is 1. The van der Waals surface area contributed by atoms with E-state index in [0.717, 1.165) is 25.9 Å². The molecule has 10 heteroatoms. The summed E-state index contributed by atoms with van der Waals surface area (Å²) in [5.74, 6) is -0.0495. The third-order valence-electron chi connectivity index (χ3n) is 4.66. The minimum Gasteiger partial charge on any atom is -0.355 e. The summed E-state index contributed by atoms with van der Waals surface area (Å²) in [6.07, 6.45) is 3.81. The van der Waals surface area contributed by atoms with Gasteiger partial charge in [0.05, 0.1) is 16.6 Å². The summed E-state index contributed by atoms with van der Waals surface area (Å²) in [7, 11) is -3.92. The lowest BCUT2D eigenvalue weighted by Gasteiger charge is -2.21. The molecular formula is C20H25N5O4S. The Balaban J connectivity index is 1.67. The van der Waals surface area contributed by atoms with Gasteiger partial charge in [-0.1, -0.05) is 0 Å². The van der Waals surface area contributed by atoms with Crippen molar-refractivity contribution in [3.05, 3.63) is 42.6 Å². The number of rotatable bonds is 7. The molecule has 1 aliphatic rings. The second-order valence-electron chi connectivity index (χ2n) is 7.11. The normalized spacial score (nSPS) is 14.9. The second kappa shape index (κ2) is 9.23. The molecule has 1 atom stereocenters. The van der Waals surface area contributed by atoms with Crippen molar-refractivity contribution < 1.29 is 18.0 Å². The molecule has 1 saturated heterocycles. The molecule has 9 nitrogen and oxygen atoms in total. The maximum Gasteiger partial charge on any atom is 0.242 e. The highest BCUT2D eigenvalue weighted by molar-refractivity contribution is 7.89. The molecule has 1 aromatic carbocycles. The Morgan fingerprint density at radius 3 is 2.37 bits per heavy atom. The fraction of sp³-hybridized carbons (Fsp3) is 0.350. The number of anilines is 3. The van der Waals surface area contributed by atoms with Gasteiger partial charge in [-0.25, -0.2) is 13.4 Å². The maximum atomic E-state index is 12.6. The first-order valence-corrected chi connectivity index (χ1v) is 11.2. The number of benzene rings is 1. The fourth-order valence-corrected chi connectivity index (χ4v) is 4.39. The Hall–Kier alpha value is -2.98. The van der Waals surface area contributed by atoms with Gasteiger partial charge >= 0.3 is 0 Å². The quantitative estimate of drug-likeness (QED) is 0.616. The van der Waals surface area contributed by atoms with Crippen LogP contribution in [0.4, 0.5) is 17.2 Å². The van der Waals surface area contributed by atoms with Gasteiger partial charge in [0, 0.05) is 31.9 Å². The molecule has 0 saturated carbocycles. The SMILES string of the molecule is CC(=O)Nc1ccc(S(=O)(=O)N[C@@H](C)C(=O)Nc2cccnc2N2CCCC2)cc1. The summed E-state index contributed by atoms with van der Waals surface area (Å²) in [6, 6.07) is 8.17. The van der Waals surface area contributed by atoms with Crippen LogP contribution in [0.1, 0.15) is 26.7 Å². The van der Waals surface area contributed by atoms with E-state index < -0.39 is 22.0 Å². The zero-order valence-corrected chi connectivity index (χ0v) is 17.7. The van der Waals surface area contributed by atoms with Crippen LogP contribution in [0.2, 0.25) is 0 Å². The van der Waals surface area contributed by atoms with E-state index in [1.54, 1.807) is 18.3 Å². The summed E-state index contributed by atoms with van der Waals surface area (Å²) in [5.41, 5.74) is 1.04. The van der Waals surface area contributed by atoms with Crippen LogP contribution in [0.5, 0.6) is 0 Å². The highest BCUT2D eigenvalue weighted by Crippen LogP contribution is 2.26. The van der Waals surface area contributed by atoms with Gasteiger partial charge in [-0.15, -0.1) is 0 Å². The minimum atomic E-state index is -3.92. The number of carbonyl (C=O) groups is 2. The Morgan fingerprint density at radius 1 is 1.07 bits per heavy atom. The third-order valence-corrected chi connectivity index (χ3v) is 6.22. The van der Waals surface area contributed by atoms with Gasteiger partial charge in [-0.3, -0.25) is 9.59 Å². The van der Waals surface area contributed by atoms with Crippen LogP contribution < -0.4 is 20.3 Å². The van der Waals surface area contributed by atoms with E-state index in [-0.39, 0.29) is 10.8 Å². The van der Waals surface area contributed by atoms with E-state index in [9.17, 15) is 18.0 Å². The number of hydrogen-bond acceptors (Lipinski definition) is 6. The Bertz CT molecular complexity index is 1020. The molecule has 0 unspecified atom stereocenters. The van der Waals surface area contributed by atoms with Crippen molar-refractivity contribution in [2.24, 2.45) is 0 Å². The standard InChI is InChI=1S/C20H25N5O4S/c1-14(24-30(28,29)17-9-7-16(8-10-17)22-15(2)26)20(27)23-18-6-5-11-21-19(18)25-12-3-4-13-25/h5-11,14,24H,3-4,12-13H2,1-2H3,(H,22,26)(H,23,27)/t14-/m0/s1. The number of nitrogens with zero attached hydrogens (tertiary/aromatic N) is 2. The van der Waals surface area contributed by atoms with Crippen molar-refractivity contribution >= 4 is 39.0 Å². The zero-order valence-electron chi connectivity index (χ0n) is 16.9. The summed E-state index contributed by atoms with van der Waals surface area (Å²) in [4.78, 5) is 30.2. The monoisotopic (exact) mass is 431 g/mol. The van der Waals surface area contributed by atoms with E-state index in [4.69, 9.17) is 0 Å². The first-order valence-electron chi connectivity index (χ1n) is 9.67. The lowest BCUT2D eigenvalue weighted by Crippen LogP contribution is -2.41. The lowest BCUT2D eigenvalue weighted by molar-refractivity contribution is -0.117. The highest BCUT2D eigenvalue weighted by atomic mass is 32.2. The number of hydrogen-bond donors (Lipinski definition) is 3. The largest absolute Gasteiger partial charge is 0.355 e. The lowest BCUT2D eigenvalue weighted by atomic mass is 10.3. The van der Waals surface area contributed by atoms with E-state index in [0.29, 0.717) is 17.2 Å². The van der Waals surface area contributed by atoms with Crippen molar-refractivity contribution in [2.45, 2.75) is 37.6 Å². The highest BCUT2D eigenvalue weighted by Gasteiger charge is 2.24. The summed E-state index contributed by atoms with van der Waals surface area (Å²) in [6.45, 7) is 4.58. The number of aromatic nitrogens is 1. The van der Waals surface area contributed by atoms with Gasteiger partial charge in [-0.2, -0.15) is 4.72 Å². The van der Waals surface area contributed by atoms with Crippen LogP contribution in [0.3, 0.4) is 0 Å². The molecule has 0 aliphatic carbocycles. The first-order chi connectivity index (χ1) is 14.3. The molecule has 1 aromatic heterocycles. The van der Waals surface area contributed by atoms with Gasteiger partial charge in [0.2, 0.25) is 21.8 Å². The molecule has 0 bridgehead atoms. The van der Waals surface area contributed by atoms with E-state index in [2.05, 4.69) is 25.2 Å². The summed E-state index contributed by atoms with van der Waals surface area (Å²) < 4.78 is 27.6. The van der Waals surface area contributed by atoms with E-state index in [1.807, 2.05) is 0 Å². The summed E-state index contributed by atoms with van der Waals surface area (Å²) in [5, 5.41) is 5.34. The van der Waals surface area contributed by atoms with Crippen LogP contribution >= 0.6 is 0 Å². The number of amides is 2. The molecule has 160 valence electrons. The molecule has 2 amide bonds. The molecule has 1 aliphatic heterocycles. The van der Waals surface area contributed by atoms with Gasteiger partial charge < -0.3 is 15.5 Å². The van der Waals surface area contributed by atoms with Crippen LogP contribution in [-0.2, 0) is 19.6 Å². The van der Waals surface area contributed by atoms with Crippen molar-refractivity contribution in [1.82, 2.24) is 9.71 Å². The zero-order chi connectivity index (χ0) is 21.7. The van der Waals surface area contributed by atoms with Crippen molar-refractivity contribution in [3.63, 3.8) is 0 Å². The van der Waals surface area contributed by atoms with Gasteiger partial charge in [0.25, 0.3) is 0 Å². The molecule has 3 N–H and O–H groups in total. The second-order valence-corrected chi connectivity index (χ2v) is 8.82. The van der Waals surface area contributed by atoms with Crippen LogP contribution in [0, 0.1) is 0 Å². The smallest absolute Gasteiger partial charge is 0.242 e. The molecule has 30 heavy (non-hydrogen) atoms. The number of pyridine rings is 1. The predicted molar refractivity (Wildman–Crippen MR) is 115 cm³/mol. The van der Waals surface area contributed by atoms with Gasteiger partial charge in [0.15, 0.2) is 5.82 Å². The molecule has 1 fully saturated rings.